The van der Waals surface area contributed by atoms with E-state index in [0.29, 0.717) is 12.5 Å². The van der Waals surface area contributed by atoms with E-state index >= 15 is 0 Å². The number of hydrogen-bond donors (Lipinski definition) is 1. The van der Waals surface area contributed by atoms with Gasteiger partial charge in [-0.2, -0.15) is 5.26 Å². The van der Waals surface area contributed by atoms with Crippen molar-refractivity contribution in [3.8, 4) is 11.8 Å². The molecule has 21 heavy (non-hydrogen) atoms. The molecule has 1 aliphatic rings. The molecule has 4 heteroatoms. The smallest absolute Gasteiger partial charge is 0.239 e. The van der Waals surface area contributed by atoms with Gasteiger partial charge in [0.2, 0.25) is 5.91 Å². The summed E-state index contributed by atoms with van der Waals surface area (Å²) in [6.45, 7) is 3.87. The standard InChI is InChI=1S/C17H22N2O2/c1-17(2,11-18)16(20)19-10-13-6-4-5-12-9-14(21-3)7-8-15(12)13/h7-9,13H,4-6,10H2,1-3H3,(H,19,20)/t13-/m0/s1. The van der Waals surface area contributed by atoms with E-state index in [1.54, 1.807) is 21.0 Å². The van der Waals surface area contributed by atoms with Gasteiger partial charge in [-0.1, -0.05) is 6.07 Å². The Hall–Kier alpha value is -2.02. The Kier molecular flexibility index (Phi) is 4.52. The third-order valence-corrected chi connectivity index (χ3v) is 4.14. The highest BCUT2D eigenvalue weighted by molar-refractivity contribution is 5.84. The number of benzene rings is 1. The number of nitrogens with one attached hydrogen (secondary N) is 1. The SMILES string of the molecule is COc1ccc2c(c1)CCC[C@H]2CNC(=O)C(C)(C)C#N. The number of hydrogen-bond acceptors (Lipinski definition) is 3. The van der Waals surface area contributed by atoms with Crippen molar-refractivity contribution in [3.63, 3.8) is 0 Å². The second-order valence-corrected chi connectivity index (χ2v) is 6.10. The van der Waals surface area contributed by atoms with Crippen LogP contribution in [0, 0.1) is 16.7 Å². The van der Waals surface area contributed by atoms with Gasteiger partial charge in [-0.05, 0) is 56.4 Å². The molecule has 0 heterocycles. The molecule has 0 saturated heterocycles. The summed E-state index contributed by atoms with van der Waals surface area (Å²) in [5.74, 6) is 0.993. The summed E-state index contributed by atoms with van der Waals surface area (Å²) in [7, 11) is 1.67. The minimum absolute atomic E-state index is 0.203. The predicted molar refractivity (Wildman–Crippen MR) is 81.1 cm³/mol. The molecule has 1 aromatic carbocycles. The van der Waals surface area contributed by atoms with Crippen LogP contribution < -0.4 is 10.1 Å². The lowest BCUT2D eigenvalue weighted by Crippen LogP contribution is -2.38. The van der Waals surface area contributed by atoms with Crippen molar-refractivity contribution in [2.45, 2.75) is 39.0 Å². The van der Waals surface area contributed by atoms with Crippen LogP contribution in [-0.2, 0) is 11.2 Å². The molecule has 1 aromatic rings. The monoisotopic (exact) mass is 286 g/mol. The van der Waals surface area contributed by atoms with Crippen molar-refractivity contribution in [2.75, 3.05) is 13.7 Å². The number of fused-ring (bicyclic) bond motifs is 1. The molecule has 0 radical (unpaired) electrons. The summed E-state index contributed by atoms with van der Waals surface area (Å²) in [6, 6.07) is 8.19. The maximum absolute atomic E-state index is 12.0. The summed E-state index contributed by atoms with van der Waals surface area (Å²) < 4.78 is 5.27. The van der Waals surface area contributed by atoms with Crippen molar-refractivity contribution in [1.29, 1.82) is 5.26 Å². The fraction of sp³-hybridized carbons (Fsp3) is 0.529. The summed E-state index contributed by atoms with van der Waals surface area (Å²) in [5.41, 5.74) is 1.62. The molecule has 0 aliphatic heterocycles. The molecular formula is C17H22N2O2. The highest BCUT2D eigenvalue weighted by Crippen LogP contribution is 2.33. The summed E-state index contributed by atoms with van der Waals surface area (Å²) in [5, 5.41) is 11.9. The summed E-state index contributed by atoms with van der Waals surface area (Å²) >= 11 is 0. The largest absolute Gasteiger partial charge is 0.497 e. The second-order valence-electron chi connectivity index (χ2n) is 6.10. The first-order chi connectivity index (χ1) is 9.97. The van der Waals surface area contributed by atoms with Crippen molar-refractivity contribution >= 4 is 5.91 Å². The van der Waals surface area contributed by atoms with Crippen LogP contribution in [0.15, 0.2) is 18.2 Å². The maximum Gasteiger partial charge on any atom is 0.239 e. The van der Waals surface area contributed by atoms with Gasteiger partial charge in [-0.3, -0.25) is 4.79 Å². The van der Waals surface area contributed by atoms with Gasteiger partial charge in [0.15, 0.2) is 0 Å². The molecule has 0 spiro atoms. The van der Waals surface area contributed by atoms with Crippen LogP contribution in [-0.4, -0.2) is 19.6 Å². The molecule has 4 nitrogen and oxygen atoms in total. The first kappa shape index (κ1) is 15.4. The molecule has 0 fully saturated rings. The van der Waals surface area contributed by atoms with E-state index in [2.05, 4.69) is 17.4 Å². The number of ether oxygens (including phenoxy) is 1. The number of carbonyl (C=O) groups is 1. The third kappa shape index (κ3) is 3.36. The van der Waals surface area contributed by atoms with Gasteiger partial charge in [0.1, 0.15) is 11.2 Å². The number of aryl methyl sites for hydroxylation is 1. The Balaban J connectivity index is 2.07. The van der Waals surface area contributed by atoms with E-state index in [9.17, 15) is 4.79 Å². The molecule has 1 atom stereocenters. The number of amides is 1. The number of methoxy groups -OCH3 is 1. The molecule has 0 unspecified atom stereocenters. The Morgan fingerprint density at radius 3 is 2.95 bits per heavy atom. The minimum atomic E-state index is -0.975. The Bertz CT molecular complexity index is 573. The number of rotatable bonds is 4. The van der Waals surface area contributed by atoms with E-state index in [-0.39, 0.29) is 5.91 Å². The first-order valence-corrected chi connectivity index (χ1v) is 7.34. The van der Waals surface area contributed by atoms with Gasteiger partial charge in [0.25, 0.3) is 0 Å². The van der Waals surface area contributed by atoms with Gasteiger partial charge in [-0.15, -0.1) is 0 Å². The molecule has 0 saturated carbocycles. The Morgan fingerprint density at radius 2 is 2.29 bits per heavy atom. The third-order valence-electron chi connectivity index (χ3n) is 4.14. The van der Waals surface area contributed by atoms with Crippen molar-refractivity contribution < 1.29 is 9.53 Å². The second kappa shape index (κ2) is 6.17. The summed E-state index contributed by atoms with van der Waals surface area (Å²) in [4.78, 5) is 12.0. The minimum Gasteiger partial charge on any atom is -0.497 e. The Morgan fingerprint density at radius 1 is 1.52 bits per heavy atom. The van der Waals surface area contributed by atoms with E-state index < -0.39 is 5.41 Å². The van der Waals surface area contributed by atoms with Crippen LogP contribution in [0.5, 0.6) is 5.75 Å². The first-order valence-electron chi connectivity index (χ1n) is 7.34. The van der Waals surface area contributed by atoms with Crippen molar-refractivity contribution in [2.24, 2.45) is 5.41 Å². The Labute approximate surface area is 126 Å². The van der Waals surface area contributed by atoms with Gasteiger partial charge in [0, 0.05) is 12.5 Å². The van der Waals surface area contributed by atoms with Gasteiger partial charge >= 0.3 is 0 Å². The molecule has 2 rings (SSSR count). The highest BCUT2D eigenvalue weighted by Gasteiger charge is 2.28. The van der Waals surface area contributed by atoms with Gasteiger partial charge in [-0.25, -0.2) is 0 Å². The number of carbonyl (C=O) groups excluding carboxylic acids is 1. The average molecular weight is 286 g/mol. The molecular weight excluding hydrogens is 264 g/mol. The fourth-order valence-corrected chi connectivity index (χ4v) is 2.72. The van der Waals surface area contributed by atoms with E-state index in [4.69, 9.17) is 10.00 Å². The zero-order valence-electron chi connectivity index (χ0n) is 12.9. The zero-order chi connectivity index (χ0) is 15.5. The van der Waals surface area contributed by atoms with Crippen molar-refractivity contribution in [1.82, 2.24) is 5.32 Å². The van der Waals surface area contributed by atoms with Crippen LogP contribution in [0.4, 0.5) is 0 Å². The molecule has 1 amide bonds. The molecule has 112 valence electrons. The van der Waals surface area contributed by atoms with E-state index in [1.807, 2.05) is 12.1 Å². The molecule has 0 aromatic heterocycles. The molecule has 1 N–H and O–H groups in total. The molecule has 0 bridgehead atoms. The highest BCUT2D eigenvalue weighted by atomic mass is 16.5. The lowest BCUT2D eigenvalue weighted by Gasteiger charge is -2.27. The lowest BCUT2D eigenvalue weighted by atomic mass is 9.82. The lowest BCUT2D eigenvalue weighted by molar-refractivity contribution is -0.126. The van der Waals surface area contributed by atoms with Crippen molar-refractivity contribution in [3.05, 3.63) is 29.3 Å². The van der Waals surface area contributed by atoms with E-state index in [1.165, 1.54) is 11.1 Å². The average Bonchev–Trinajstić information content (AvgIpc) is 2.51. The van der Waals surface area contributed by atoms with Gasteiger partial charge in [0.05, 0.1) is 13.2 Å². The van der Waals surface area contributed by atoms with Crippen LogP contribution in [0.3, 0.4) is 0 Å². The van der Waals surface area contributed by atoms with Gasteiger partial charge < -0.3 is 10.1 Å². The number of nitrogens with zero attached hydrogens (tertiary/aromatic N) is 1. The van der Waals surface area contributed by atoms with Crippen LogP contribution in [0.25, 0.3) is 0 Å². The topological polar surface area (TPSA) is 62.1 Å². The van der Waals surface area contributed by atoms with E-state index in [0.717, 1.165) is 25.0 Å². The quantitative estimate of drug-likeness (QED) is 0.925. The van der Waals surface area contributed by atoms with Crippen LogP contribution >= 0.6 is 0 Å². The predicted octanol–water partition coefficient (Wildman–Crippen LogP) is 2.78. The maximum atomic E-state index is 12.0. The fourth-order valence-electron chi connectivity index (χ4n) is 2.72. The molecule has 1 aliphatic carbocycles. The van der Waals surface area contributed by atoms with Crippen LogP contribution in [0.2, 0.25) is 0 Å². The normalized spacial score (nSPS) is 17.5. The van der Waals surface area contributed by atoms with Crippen LogP contribution in [0.1, 0.15) is 43.7 Å². The number of nitriles is 1. The summed E-state index contributed by atoms with van der Waals surface area (Å²) in [6.07, 6.45) is 3.23. The zero-order valence-corrected chi connectivity index (χ0v) is 12.9.